The second-order valence-corrected chi connectivity index (χ2v) is 8.30. The minimum Gasteiger partial charge on any atom is -0.497 e. The second kappa shape index (κ2) is 11.9. The molecule has 0 unspecified atom stereocenters. The molecule has 0 spiro atoms. The van der Waals surface area contributed by atoms with Gasteiger partial charge in [-0.25, -0.2) is 4.39 Å². The zero-order chi connectivity index (χ0) is 26.2. The molecule has 2 amide bonds. The summed E-state index contributed by atoms with van der Waals surface area (Å²) < 4.78 is 25.1. The van der Waals surface area contributed by atoms with Crippen molar-refractivity contribution in [2.75, 3.05) is 14.2 Å². The number of carbonyl (C=O) groups excluding carboxylic acids is 2. The quantitative estimate of drug-likeness (QED) is 0.325. The monoisotopic (exact) mass is 498 g/mol. The van der Waals surface area contributed by atoms with E-state index in [0.29, 0.717) is 33.8 Å². The smallest absolute Gasteiger partial charge is 0.255 e. The van der Waals surface area contributed by atoms with E-state index < -0.39 is 11.7 Å². The predicted octanol–water partition coefficient (Wildman–Crippen LogP) is 5.37. The summed E-state index contributed by atoms with van der Waals surface area (Å²) in [6.07, 6.45) is 0. The van der Waals surface area contributed by atoms with Gasteiger partial charge < -0.3 is 20.1 Å². The van der Waals surface area contributed by atoms with Crippen molar-refractivity contribution in [3.63, 3.8) is 0 Å². The number of methoxy groups -OCH3 is 2. The van der Waals surface area contributed by atoms with Crippen LogP contribution in [0.15, 0.2) is 91.0 Å². The van der Waals surface area contributed by atoms with E-state index >= 15 is 0 Å². The van der Waals surface area contributed by atoms with Gasteiger partial charge in [0, 0.05) is 30.3 Å². The van der Waals surface area contributed by atoms with Crippen molar-refractivity contribution in [3.8, 4) is 22.6 Å². The third-order valence-corrected chi connectivity index (χ3v) is 5.92. The molecule has 0 radical (unpaired) electrons. The van der Waals surface area contributed by atoms with Gasteiger partial charge in [0.2, 0.25) is 0 Å². The fourth-order valence-corrected chi connectivity index (χ4v) is 3.83. The Morgan fingerprint density at radius 3 is 2.11 bits per heavy atom. The molecule has 4 rings (SSSR count). The topological polar surface area (TPSA) is 76.7 Å². The molecule has 0 aliphatic carbocycles. The zero-order valence-electron chi connectivity index (χ0n) is 20.6. The summed E-state index contributed by atoms with van der Waals surface area (Å²) in [7, 11) is 2.98. The Morgan fingerprint density at radius 2 is 1.43 bits per heavy atom. The first-order valence-corrected chi connectivity index (χ1v) is 11.7. The number of carbonyl (C=O) groups is 2. The minimum absolute atomic E-state index is 0.000250. The summed E-state index contributed by atoms with van der Waals surface area (Å²) in [5.41, 5.74) is 3.87. The summed E-state index contributed by atoms with van der Waals surface area (Å²) in [6.45, 7) is 0.173. The molecule has 2 N–H and O–H groups in total. The van der Waals surface area contributed by atoms with E-state index in [9.17, 15) is 14.0 Å². The van der Waals surface area contributed by atoms with Crippen LogP contribution in [-0.2, 0) is 13.1 Å². The van der Waals surface area contributed by atoms with Gasteiger partial charge in [0.1, 0.15) is 17.3 Å². The van der Waals surface area contributed by atoms with E-state index in [2.05, 4.69) is 10.6 Å². The number of hydrogen-bond donors (Lipinski definition) is 2. The minimum atomic E-state index is -0.471. The Kier molecular flexibility index (Phi) is 8.15. The molecule has 0 atom stereocenters. The lowest BCUT2D eigenvalue weighted by Crippen LogP contribution is -2.24. The summed E-state index contributed by atoms with van der Waals surface area (Å²) in [4.78, 5) is 25.1. The Bertz CT molecular complexity index is 1390. The van der Waals surface area contributed by atoms with Crippen molar-refractivity contribution in [1.29, 1.82) is 0 Å². The predicted molar refractivity (Wildman–Crippen MR) is 140 cm³/mol. The van der Waals surface area contributed by atoms with E-state index in [1.54, 1.807) is 42.5 Å². The van der Waals surface area contributed by atoms with Crippen molar-refractivity contribution < 1.29 is 23.5 Å². The molecule has 0 heterocycles. The van der Waals surface area contributed by atoms with E-state index in [1.807, 2.05) is 42.5 Å². The lowest BCUT2D eigenvalue weighted by molar-refractivity contribution is 0.0940. The van der Waals surface area contributed by atoms with Crippen molar-refractivity contribution in [2.45, 2.75) is 13.1 Å². The van der Waals surface area contributed by atoms with Gasteiger partial charge in [-0.1, -0.05) is 54.6 Å². The number of hydrogen-bond acceptors (Lipinski definition) is 4. The zero-order valence-corrected chi connectivity index (χ0v) is 20.6. The SMILES string of the molecule is COc1ccc(C(=O)NCc2ccc(CNC(=O)c3ccc(-c4ccccc4)cc3)cc2F)c(OC)c1. The standard InChI is InChI=1S/C30H27FN2O4/c1-36-25-14-15-26(28(17-25)37-2)30(35)33-19-24-9-8-20(16-27(24)31)18-32-29(34)23-12-10-22(11-13-23)21-6-4-3-5-7-21/h3-17H,18-19H2,1-2H3,(H,32,34)(H,33,35). The Balaban J connectivity index is 1.32. The van der Waals surface area contributed by atoms with Crippen LogP contribution in [0.1, 0.15) is 31.8 Å². The molecule has 0 aliphatic rings. The fourth-order valence-electron chi connectivity index (χ4n) is 3.83. The molecule has 6 nitrogen and oxygen atoms in total. The lowest BCUT2D eigenvalue weighted by Gasteiger charge is -2.12. The van der Waals surface area contributed by atoms with Crippen LogP contribution >= 0.6 is 0 Å². The Morgan fingerprint density at radius 1 is 0.730 bits per heavy atom. The van der Waals surface area contributed by atoms with E-state index in [0.717, 1.165) is 11.1 Å². The highest BCUT2D eigenvalue weighted by Gasteiger charge is 2.14. The molecule has 37 heavy (non-hydrogen) atoms. The number of benzene rings is 4. The average molecular weight is 499 g/mol. The first kappa shape index (κ1) is 25.4. The number of nitrogens with one attached hydrogen (secondary N) is 2. The number of halogens is 1. The van der Waals surface area contributed by atoms with Crippen LogP contribution in [0.5, 0.6) is 11.5 Å². The molecular weight excluding hydrogens is 471 g/mol. The van der Waals surface area contributed by atoms with Crippen molar-refractivity contribution in [1.82, 2.24) is 10.6 Å². The van der Waals surface area contributed by atoms with Crippen LogP contribution in [0.3, 0.4) is 0 Å². The van der Waals surface area contributed by atoms with Crippen LogP contribution in [0, 0.1) is 5.82 Å². The first-order valence-electron chi connectivity index (χ1n) is 11.7. The van der Waals surface area contributed by atoms with Gasteiger partial charge in [0.25, 0.3) is 11.8 Å². The lowest BCUT2D eigenvalue weighted by atomic mass is 10.0. The largest absolute Gasteiger partial charge is 0.497 e. The molecular formula is C30H27FN2O4. The maximum atomic E-state index is 14.7. The first-order chi connectivity index (χ1) is 18.0. The van der Waals surface area contributed by atoms with Crippen molar-refractivity contribution in [2.24, 2.45) is 0 Å². The van der Waals surface area contributed by atoms with Gasteiger partial charge in [0.15, 0.2) is 0 Å². The van der Waals surface area contributed by atoms with Gasteiger partial charge in [-0.2, -0.15) is 0 Å². The number of amides is 2. The van der Waals surface area contributed by atoms with Crippen LogP contribution in [0.25, 0.3) is 11.1 Å². The third-order valence-electron chi connectivity index (χ3n) is 5.92. The van der Waals surface area contributed by atoms with E-state index in [4.69, 9.17) is 9.47 Å². The van der Waals surface area contributed by atoms with Gasteiger partial charge in [-0.15, -0.1) is 0 Å². The normalized spacial score (nSPS) is 10.5. The second-order valence-electron chi connectivity index (χ2n) is 8.30. The molecule has 0 aromatic heterocycles. The highest BCUT2D eigenvalue weighted by atomic mass is 19.1. The maximum absolute atomic E-state index is 14.7. The summed E-state index contributed by atoms with van der Waals surface area (Å²) in [5, 5.41) is 5.52. The molecule has 7 heteroatoms. The summed E-state index contributed by atoms with van der Waals surface area (Å²) >= 11 is 0. The van der Waals surface area contributed by atoms with Crippen molar-refractivity contribution in [3.05, 3.63) is 119 Å². The molecule has 0 saturated heterocycles. The molecule has 0 aliphatic heterocycles. The third kappa shape index (κ3) is 6.32. The number of rotatable bonds is 9. The Labute approximate surface area is 215 Å². The molecule has 4 aromatic carbocycles. The van der Waals surface area contributed by atoms with Gasteiger partial charge >= 0.3 is 0 Å². The summed E-state index contributed by atoms with van der Waals surface area (Å²) in [6, 6.07) is 26.7. The van der Waals surface area contributed by atoms with Crippen LogP contribution in [-0.4, -0.2) is 26.0 Å². The number of ether oxygens (including phenoxy) is 2. The van der Waals surface area contributed by atoms with Crippen LogP contribution in [0.2, 0.25) is 0 Å². The molecule has 188 valence electrons. The maximum Gasteiger partial charge on any atom is 0.255 e. The highest BCUT2D eigenvalue weighted by Crippen LogP contribution is 2.24. The summed E-state index contributed by atoms with van der Waals surface area (Å²) in [5.74, 6) is -0.191. The Hall–Kier alpha value is -4.65. The van der Waals surface area contributed by atoms with E-state index in [-0.39, 0.29) is 19.0 Å². The van der Waals surface area contributed by atoms with E-state index in [1.165, 1.54) is 20.3 Å². The molecule has 0 fully saturated rings. The van der Waals surface area contributed by atoms with Gasteiger partial charge in [-0.3, -0.25) is 9.59 Å². The fraction of sp³-hybridized carbons (Fsp3) is 0.133. The van der Waals surface area contributed by atoms with Gasteiger partial charge in [-0.05, 0) is 47.0 Å². The molecule has 0 bridgehead atoms. The van der Waals surface area contributed by atoms with Crippen molar-refractivity contribution >= 4 is 11.8 Å². The highest BCUT2D eigenvalue weighted by molar-refractivity contribution is 5.97. The average Bonchev–Trinajstić information content (AvgIpc) is 2.95. The van der Waals surface area contributed by atoms with Gasteiger partial charge in [0.05, 0.1) is 19.8 Å². The van der Waals surface area contributed by atoms with Crippen LogP contribution < -0.4 is 20.1 Å². The van der Waals surface area contributed by atoms with Crippen LogP contribution in [0.4, 0.5) is 4.39 Å². The molecule has 4 aromatic rings. The molecule has 0 saturated carbocycles.